The van der Waals surface area contributed by atoms with Crippen molar-refractivity contribution in [3.05, 3.63) is 59.5 Å². The number of carbonyl (C=O) groups is 1. The fourth-order valence-electron chi connectivity index (χ4n) is 3.87. The van der Waals surface area contributed by atoms with Crippen molar-refractivity contribution in [2.75, 3.05) is 25.5 Å². The van der Waals surface area contributed by atoms with Gasteiger partial charge >= 0.3 is 18.4 Å². The second kappa shape index (κ2) is 9.70. The number of halogens is 6. The molecule has 1 unspecified atom stereocenters. The van der Waals surface area contributed by atoms with Gasteiger partial charge in [-0.1, -0.05) is 17.3 Å². The van der Waals surface area contributed by atoms with Crippen LogP contribution in [0.15, 0.2) is 47.0 Å². The maximum atomic E-state index is 13.1. The number of aromatic nitrogens is 2. The summed E-state index contributed by atoms with van der Waals surface area (Å²) in [6.07, 6.45) is -8.92. The Bertz CT molecular complexity index is 1210. The molecule has 192 valence electrons. The average Bonchev–Trinajstić information content (AvgIpc) is 3.33. The lowest BCUT2D eigenvalue weighted by Gasteiger charge is -2.31. The van der Waals surface area contributed by atoms with E-state index in [1.54, 1.807) is 24.3 Å². The molecule has 1 saturated heterocycles. The number of urea groups is 1. The van der Waals surface area contributed by atoms with Crippen LogP contribution in [0.5, 0.6) is 5.75 Å². The molecular weight excluding hydrogens is 494 g/mol. The molecule has 2 aromatic carbocycles. The van der Waals surface area contributed by atoms with E-state index in [0.29, 0.717) is 42.1 Å². The van der Waals surface area contributed by atoms with Gasteiger partial charge < -0.3 is 19.5 Å². The molecule has 2 amide bonds. The van der Waals surface area contributed by atoms with Gasteiger partial charge in [0.05, 0.1) is 24.2 Å². The largest absolute Gasteiger partial charge is 0.497 e. The minimum Gasteiger partial charge on any atom is -0.497 e. The molecule has 1 aliphatic heterocycles. The van der Waals surface area contributed by atoms with Crippen molar-refractivity contribution in [1.29, 1.82) is 0 Å². The summed E-state index contributed by atoms with van der Waals surface area (Å²) >= 11 is 0. The molecule has 1 aliphatic rings. The van der Waals surface area contributed by atoms with Crippen LogP contribution in [0.4, 0.5) is 36.8 Å². The predicted octanol–water partition coefficient (Wildman–Crippen LogP) is 6.19. The normalized spacial score (nSPS) is 16.6. The quantitative estimate of drug-likeness (QED) is 0.420. The number of carbonyl (C=O) groups excluding carboxylic acids is 1. The minimum absolute atomic E-state index is 0.00205. The van der Waals surface area contributed by atoms with Gasteiger partial charge in [0.25, 0.3) is 0 Å². The second-order valence-corrected chi connectivity index (χ2v) is 8.20. The third kappa shape index (κ3) is 5.71. The Morgan fingerprint density at radius 2 is 1.78 bits per heavy atom. The number of amides is 2. The van der Waals surface area contributed by atoms with E-state index < -0.39 is 35.2 Å². The molecule has 3 aromatic rings. The summed E-state index contributed by atoms with van der Waals surface area (Å²) in [5.41, 5.74) is -2.98. The Kier molecular flexibility index (Phi) is 6.83. The molecule has 0 bridgehead atoms. The highest BCUT2D eigenvalue weighted by Crippen LogP contribution is 2.38. The topological polar surface area (TPSA) is 80.5 Å². The van der Waals surface area contributed by atoms with Gasteiger partial charge in [0.1, 0.15) is 5.75 Å². The first-order valence-corrected chi connectivity index (χ1v) is 10.8. The number of ether oxygens (including phenoxy) is 1. The number of piperidine rings is 1. The molecule has 0 radical (unpaired) electrons. The van der Waals surface area contributed by atoms with Crippen LogP contribution in [0.1, 0.15) is 35.8 Å². The van der Waals surface area contributed by atoms with Crippen LogP contribution in [0.3, 0.4) is 0 Å². The molecule has 0 aliphatic carbocycles. The fourth-order valence-corrected chi connectivity index (χ4v) is 3.87. The van der Waals surface area contributed by atoms with Gasteiger partial charge in [-0.25, -0.2) is 4.79 Å². The number of likely N-dealkylation sites (tertiary alicyclic amines) is 1. The first kappa shape index (κ1) is 25.3. The summed E-state index contributed by atoms with van der Waals surface area (Å²) < 4.78 is 89.2. The van der Waals surface area contributed by atoms with E-state index >= 15 is 0 Å². The lowest BCUT2D eigenvalue weighted by atomic mass is 9.98. The van der Waals surface area contributed by atoms with E-state index in [2.05, 4.69) is 15.5 Å². The van der Waals surface area contributed by atoms with Crippen LogP contribution in [-0.4, -0.2) is 41.3 Å². The van der Waals surface area contributed by atoms with Crippen molar-refractivity contribution in [2.24, 2.45) is 0 Å². The van der Waals surface area contributed by atoms with E-state index in [1.165, 1.54) is 12.0 Å². The van der Waals surface area contributed by atoms with Crippen molar-refractivity contribution in [3.8, 4) is 17.1 Å². The SMILES string of the molecule is COc1cccc(-c2noc(C3CCCN(C(=O)Nc4cc(C(F)(F)F)cc(C(F)(F)F)c4)C3)n2)c1. The molecule has 1 N–H and O–H groups in total. The third-order valence-corrected chi connectivity index (χ3v) is 5.67. The summed E-state index contributed by atoms with van der Waals surface area (Å²) in [7, 11) is 1.52. The van der Waals surface area contributed by atoms with E-state index in [1.807, 2.05) is 0 Å². The standard InChI is InChI=1S/C23H20F6N4O3/c1-35-18-6-2-4-13(8-18)19-31-20(36-32-19)14-5-3-7-33(12-14)21(34)30-17-10-15(22(24,25)26)9-16(11-17)23(27,28)29/h2,4,6,8-11,14H,3,5,7,12H2,1H3,(H,30,34). The highest BCUT2D eigenvalue weighted by molar-refractivity contribution is 5.89. The molecule has 0 spiro atoms. The number of alkyl halides is 6. The number of rotatable bonds is 4. The van der Waals surface area contributed by atoms with Gasteiger partial charge in [-0.05, 0) is 43.2 Å². The average molecular weight is 514 g/mol. The highest BCUT2D eigenvalue weighted by atomic mass is 19.4. The molecule has 2 heterocycles. The number of methoxy groups -OCH3 is 1. The van der Waals surface area contributed by atoms with Crippen LogP contribution in [0.25, 0.3) is 11.4 Å². The molecule has 1 aromatic heterocycles. The fraction of sp³-hybridized carbons (Fsp3) is 0.348. The van der Waals surface area contributed by atoms with Gasteiger partial charge in [-0.15, -0.1) is 0 Å². The Labute approximate surface area is 201 Å². The first-order chi connectivity index (χ1) is 16.9. The molecule has 4 rings (SSSR count). The van der Waals surface area contributed by atoms with Crippen molar-refractivity contribution in [1.82, 2.24) is 15.0 Å². The zero-order chi connectivity index (χ0) is 26.1. The van der Waals surface area contributed by atoms with Crippen LogP contribution < -0.4 is 10.1 Å². The molecule has 7 nitrogen and oxygen atoms in total. The lowest BCUT2D eigenvalue weighted by molar-refractivity contribution is -0.143. The molecule has 13 heteroatoms. The highest BCUT2D eigenvalue weighted by Gasteiger charge is 2.37. The molecular formula is C23H20F6N4O3. The van der Waals surface area contributed by atoms with E-state index in [9.17, 15) is 31.1 Å². The van der Waals surface area contributed by atoms with Gasteiger partial charge in [-0.2, -0.15) is 31.3 Å². The summed E-state index contributed by atoms with van der Waals surface area (Å²) in [4.78, 5) is 18.4. The van der Waals surface area contributed by atoms with Gasteiger partial charge in [0.2, 0.25) is 11.7 Å². The minimum atomic E-state index is -5.02. The monoisotopic (exact) mass is 514 g/mol. The van der Waals surface area contributed by atoms with Gasteiger partial charge in [0, 0.05) is 24.3 Å². The second-order valence-electron chi connectivity index (χ2n) is 8.20. The number of benzene rings is 2. The summed E-state index contributed by atoms with van der Waals surface area (Å²) in [6, 6.07) is 7.10. The van der Waals surface area contributed by atoms with Crippen molar-refractivity contribution < 1.29 is 40.4 Å². The van der Waals surface area contributed by atoms with Crippen LogP contribution in [-0.2, 0) is 12.4 Å². The number of nitrogens with one attached hydrogen (secondary N) is 1. The molecule has 1 atom stereocenters. The maximum absolute atomic E-state index is 13.1. The first-order valence-electron chi connectivity index (χ1n) is 10.8. The Morgan fingerprint density at radius 1 is 1.08 bits per heavy atom. The van der Waals surface area contributed by atoms with Crippen LogP contribution >= 0.6 is 0 Å². The number of anilines is 1. The zero-order valence-electron chi connectivity index (χ0n) is 18.8. The third-order valence-electron chi connectivity index (χ3n) is 5.67. The van der Waals surface area contributed by atoms with Crippen LogP contribution in [0.2, 0.25) is 0 Å². The summed E-state index contributed by atoms with van der Waals surface area (Å²) in [5, 5.41) is 6.13. The van der Waals surface area contributed by atoms with Crippen LogP contribution in [0, 0.1) is 0 Å². The lowest BCUT2D eigenvalue weighted by Crippen LogP contribution is -2.41. The Morgan fingerprint density at radius 3 is 2.42 bits per heavy atom. The number of hydrogen-bond acceptors (Lipinski definition) is 5. The maximum Gasteiger partial charge on any atom is 0.416 e. The van der Waals surface area contributed by atoms with E-state index in [0.717, 1.165) is 0 Å². The number of nitrogens with zero attached hydrogens (tertiary/aromatic N) is 3. The van der Waals surface area contributed by atoms with Gasteiger partial charge in [-0.3, -0.25) is 0 Å². The Balaban J connectivity index is 1.49. The number of hydrogen-bond donors (Lipinski definition) is 1. The van der Waals surface area contributed by atoms with Crippen molar-refractivity contribution >= 4 is 11.7 Å². The zero-order valence-corrected chi connectivity index (χ0v) is 18.8. The smallest absolute Gasteiger partial charge is 0.416 e. The Hall–Kier alpha value is -3.77. The van der Waals surface area contributed by atoms with Gasteiger partial charge in [0.15, 0.2) is 0 Å². The van der Waals surface area contributed by atoms with Crippen molar-refractivity contribution in [2.45, 2.75) is 31.1 Å². The summed E-state index contributed by atoms with van der Waals surface area (Å²) in [5.74, 6) is 0.823. The summed E-state index contributed by atoms with van der Waals surface area (Å²) in [6.45, 7) is 0.348. The predicted molar refractivity (Wildman–Crippen MR) is 115 cm³/mol. The molecule has 1 fully saturated rings. The molecule has 0 saturated carbocycles. The molecule has 36 heavy (non-hydrogen) atoms. The van der Waals surface area contributed by atoms with Crippen molar-refractivity contribution in [3.63, 3.8) is 0 Å². The van der Waals surface area contributed by atoms with E-state index in [4.69, 9.17) is 9.26 Å². The van der Waals surface area contributed by atoms with E-state index in [-0.39, 0.29) is 31.0 Å².